The fraction of sp³-hybridized carbons (Fsp3) is 0.562. The minimum atomic E-state index is -0.528. The van der Waals surface area contributed by atoms with E-state index in [1.54, 1.807) is 6.07 Å². The molecule has 0 aliphatic carbocycles. The first-order chi connectivity index (χ1) is 9.93. The van der Waals surface area contributed by atoms with Crippen LogP contribution in [-0.2, 0) is 9.47 Å². The molecule has 1 heterocycles. The van der Waals surface area contributed by atoms with Crippen LogP contribution >= 0.6 is 0 Å². The van der Waals surface area contributed by atoms with Gasteiger partial charge in [0.2, 0.25) is 0 Å². The van der Waals surface area contributed by atoms with Crippen LogP contribution in [0.5, 0.6) is 0 Å². The van der Waals surface area contributed by atoms with E-state index in [9.17, 15) is 9.59 Å². The van der Waals surface area contributed by atoms with Gasteiger partial charge in [0.05, 0.1) is 13.2 Å². The molecule has 5 heteroatoms. The molecule has 0 N–H and O–H groups in total. The SMILES string of the molecule is CCC(C)COC(=O)c1cccc(C(=O)OCC(C)C)n1. The van der Waals surface area contributed by atoms with Crippen molar-refractivity contribution < 1.29 is 19.1 Å². The van der Waals surface area contributed by atoms with E-state index in [4.69, 9.17) is 9.47 Å². The lowest BCUT2D eigenvalue weighted by atomic mass is 10.1. The highest BCUT2D eigenvalue weighted by atomic mass is 16.5. The van der Waals surface area contributed by atoms with Gasteiger partial charge in [-0.15, -0.1) is 0 Å². The van der Waals surface area contributed by atoms with E-state index in [1.165, 1.54) is 12.1 Å². The first-order valence-corrected chi connectivity index (χ1v) is 7.25. The van der Waals surface area contributed by atoms with Gasteiger partial charge in [0.1, 0.15) is 11.4 Å². The molecule has 0 aromatic carbocycles. The molecule has 5 nitrogen and oxygen atoms in total. The zero-order valence-corrected chi connectivity index (χ0v) is 13.1. The number of ether oxygens (including phenoxy) is 2. The van der Waals surface area contributed by atoms with E-state index < -0.39 is 11.9 Å². The van der Waals surface area contributed by atoms with Gasteiger partial charge in [-0.25, -0.2) is 14.6 Å². The van der Waals surface area contributed by atoms with Crippen LogP contribution in [0.25, 0.3) is 0 Å². The van der Waals surface area contributed by atoms with Crippen LogP contribution in [0.4, 0.5) is 0 Å². The van der Waals surface area contributed by atoms with Crippen LogP contribution < -0.4 is 0 Å². The van der Waals surface area contributed by atoms with Crippen LogP contribution in [0.3, 0.4) is 0 Å². The van der Waals surface area contributed by atoms with E-state index in [0.29, 0.717) is 19.1 Å². The first kappa shape index (κ1) is 17.1. The van der Waals surface area contributed by atoms with E-state index >= 15 is 0 Å². The molecule has 0 aliphatic heterocycles. The lowest BCUT2D eigenvalue weighted by molar-refractivity contribution is 0.0435. The summed E-state index contributed by atoms with van der Waals surface area (Å²) in [6.45, 7) is 8.59. The summed E-state index contributed by atoms with van der Waals surface area (Å²) in [5.41, 5.74) is 0.242. The molecule has 1 aromatic rings. The maximum atomic E-state index is 11.9. The van der Waals surface area contributed by atoms with Crippen molar-refractivity contribution in [2.75, 3.05) is 13.2 Å². The topological polar surface area (TPSA) is 65.5 Å². The fourth-order valence-corrected chi connectivity index (χ4v) is 1.39. The largest absolute Gasteiger partial charge is 0.461 e. The molecule has 0 saturated heterocycles. The Balaban J connectivity index is 2.67. The maximum absolute atomic E-state index is 11.9. The number of rotatable bonds is 7. The van der Waals surface area contributed by atoms with Gasteiger partial charge in [0.15, 0.2) is 0 Å². The van der Waals surface area contributed by atoms with Crippen LogP contribution in [0.1, 0.15) is 55.1 Å². The Morgan fingerprint density at radius 3 is 2.05 bits per heavy atom. The fourth-order valence-electron chi connectivity index (χ4n) is 1.39. The molecule has 0 radical (unpaired) electrons. The molecule has 0 bridgehead atoms. The molecule has 0 amide bonds. The van der Waals surface area contributed by atoms with Gasteiger partial charge in [-0.05, 0) is 24.0 Å². The summed E-state index contributed by atoms with van der Waals surface area (Å²) in [5.74, 6) is -0.500. The standard InChI is InChI=1S/C16H23NO4/c1-5-12(4)10-21-16(19)14-8-6-7-13(17-14)15(18)20-9-11(2)3/h6-8,11-12H,5,9-10H2,1-4H3. The number of pyridine rings is 1. The lowest BCUT2D eigenvalue weighted by Gasteiger charge is -2.10. The van der Waals surface area contributed by atoms with E-state index in [1.807, 2.05) is 27.7 Å². The normalized spacial score (nSPS) is 12.0. The molecule has 1 atom stereocenters. The minimum Gasteiger partial charge on any atom is -0.461 e. The van der Waals surface area contributed by atoms with Crippen molar-refractivity contribution in [3.63, 3.8) is 0 Å². The molecule has 0 aliphatic rings. The highest BCUT2D eigenvalue weighted by molar-refractivity contribution is 5.91. The average Bonchev–Trinajstić information content (AvgIpc) is 2.49. The minimum absolute atomic E-state index is 0.119. The predicted molar refractivity (Wildman–Crippen MR) is 79.1 cm³/mol. The number of carbonyl (C=O) groups excluding carboxylic acids is 2. The lowest BCUT2D eigenvalue weighted by Crippen LogP contribution is -2.16. The molecular formula is C16H23NO4. The highest BCUT2D eigenvalue weighted by Gasteiger charge is 2.15. The van der Waals surface area contributed by atoms with Crippen molar-refractivity contribution in [2.24, 2.45) is 11.8 Å². The second-order valence-corrected chi connectivity index (χ2v) is 5.51. The molecule has 1 unspecified atom stereocenters. The van der Waals surface area contributed by atoms with Crippen molar-refractivity contribution in [3.05, 3.63) is 29.6 Å². The van der Waals surface area contributed by atoms with Gasteiger partial charge in [-0.3, -0.25) is 0 Å². The van der Waals surface area contributed by atoms with Crippen molar-refractivity contribution in [1.29, 1.82) is 0 Å². The number of nitrogens with zero attached hydrogens (tertiary/aromatic N) is 1. The molecule has 0 saturated carbocycles. The maximum Gasteiger partial charge on any atom is 0.356 e. The summed E-state index contributed by atoms with van der Waals surface area (Å²) < 4.78 is 10.2. The predicted octanol–water partition coefficient (Wildman–Crippen LogP) is 3.10. The van der Waals surface area contributed by atoms with Gasteiger partial charge in [0.25, 0.3) is 0 Å². The Labute approximate surface area is 125 Å². The van der Waals surface area contributed by atoms with Gasteiger partial charge >= 0.3 is 11.9 Å². The quantitative estimate of drug-likeness (QED) is 0.723. The monoisotopic (exact) mass is 293 g/mol. The smallest absolute Gasteiger partial charge is 0.356 e. The number of esters is 2. The Morgan fingerprint density at radius 2 is 1.57 bits per heavy atom. The van der Waals surface area contributed by atoms with Crippen LogP contribution in [0, 0.1) is 11.8 Å². The third-order valence-corrected chi connectivity index (χ3v) is 2.91. The van der Waals surface area contributed by atoms with Crippen LogP contribution in [0.2, 0.25) is 0 Å². The van der Waals surface area contributed by atoms with Crippen LogP contribution in [0.15, 0.2) is 18.2 Å². The number of carbonyl (C=O) groups is 2. The molecule has 0 fully saturated rings. The number of hydrogen-bond acceptors (Lipinski definition) is 5. The van der Waals surface area contributed by atoms with Crippen molar-refractivity contribution in [3.8, 4) is 0 Å². The summed E-state index contributed by atoms with van der Waals surface area (Å²) in [4.78, 5) is 27.7. The molecule has 116 valence electrons. The highest BCUT2D eigenvalue weighted by Crippen LogP contribution is 2.07. The summed E-state index contributed by atoms with van der Waals surface area (Å²) in [5, 5.41) is 0. The molecular weight excluding hydrogens is 270 g/mol. The second kappa shape index (κ2) is 8.39. The van der Waals surface area contributed by atoms with Gasteiger partial charge in [0, 0.05) is 0 Å². The zero-order chi connectivity index (χ0) is 15.8. The third kappa shape index (κ3) is 5.94. The van der Waals surface area contributed by atoms with Crippen LogP contribution in [-0.4, -0.2) is 30.1 Å². The van der Waals surface area contributed by atoms with Gasteiger partial charge < -0.3 is 9.47 Å². The molecule has 1 aromatic heterocycles. The zero-order valence-electron chi connectivity index (χ0n) is 13.1. The van der Waals surface area contributed by atoms with Gasteiger partial charge in [-0.2, -0.15) is 0 Å². The van der Waals surface area contributed by atoms with Gasteiger partial charge in [-0.1, -0.05) is 40.2 Å². The Hall–Kier alpha value is -1.91. The van der Waals surface area contributed by atoms with E-state index in [0.717, 1.165) is 6.42 Å². The van der Waals surface area contributed by atoms with Crippen molar-refractivity contribution in [1.82, 2.24) is 4.98 Å². The summed E-state index contributed by atoms with van der Waals surface area (Å²) >= 11 is 0. The molecule has 0 spiro atoms. The second-order valence-electron chi connectivity index (χ2n) is 5.51. The van der Waals surface area contributed by atoms with E-state index in [-0.39, 0.29) is 17.3 Å². The molecule has 1 rings (SSSR count). The summed E-state index contributed by atoms with van der Waals surface area (Å²) in [7, 11) is 0. The first-order valence-electron chi connectivity index (χ1n) is 7.25. The number of aromatic nitrogens is 1. The Morgan fingerprint density at radius 1 is 1.05 bits per heavy atom. The van der Waals surface area contributed by atoms with Crippen molar-refractivity contribution in [2.45, 2.75) is 34.1 Å². The number of hydrogen-bond donors (Lipinski definition) is 0. The van der Waals surface area contributed by atoms with Crippen molar-refractivity contribution >= 4 is 11.9 Å². The van der Waals surface area contributed by atoms with E-state index in [2.05, 4.69) is 4.98 Å². The third-order valence-electron chi connectivity index (χ3n) is 2.91. The summed E-state index contributed by atoms with van der Waals surface area (Å²) in [6, 6.07) is 4.64. The summed E-state index contributed by atoms with van der Waals surface area (Å²) in [6.07, 6.45) is 0.933. The Kier molecular flexibility index (Phi) is 6.85. The Bertz CT molecular complexity index is 485. The molecule has 21 heavy (non-hydrogen) atoms. The average molecular weight is 293 g/mol.